The van der Waals surface area contributed by atoms with Crippen LogP contribution in [0.15, 0.2) is 12.1 Å². The van der Waals surface area contributed by atoms with Crippen LogP contribution in [0.4, 0.5) is 13.2 Å². The summed E-state index contributed by atoms with van der Waals surface area (Å²) in [5.41, 5.74) is -1.65. The number of alkyl halides is 3. The Labute approximate surface area is 118 Å². The number of nitrogens with zero attached hydrogens (tertiary/aromatic N) is 1. The largest absolute Gasteiger partial charge is 0.433 e. The molecule has 1 aromatic heterocycles. The minimum Gasteiger partial charge on any atom is -0.380 e. The van der Waals surface area contributed by atoms with Crippen LogP contribution in [0, 0.1) is 0 Å². The van der Waals surface area contributed by atoms with Crippen LogP contribution in [0.3, 0.4) is 0 Å². The molecule has 0 aromatic carbocycles. The van der Waals surface area contributed by atoms with Crippen molar-refractivity contribution in [2.24, 2.45) is 0 Å². The van der Waals surface area contributed by atoms with Gasteiger partial charge in [0.05, 0.1) is 17.6 Å². The molecule has 2 heterocycles. The van der Waals surface area contributed by atoms with E-state index in [0.29, 0.717) is 13.0 Å². The Balaban J connectivity index is 2.34. The van der Waals surface area contributed by atoms with Crippen LogP contribution in [0.2, 0.25) is 5.15 Å². The van der Waals surface area contributed by atoms with Gasteiger partial charge in [0, 0.05) is 6.61 Å². The van der Waals surface area contributed by atoms with E-state index >= 15 is 0 Å². The first kappa shape index (κ1) is 15.5. The second-order valence-electron chi connectivity index (χ2n) is 4.43. The summed E-state index contributed by atoms with van der Waals surface area (Å²) in [6.45, 7) is 0.319. The van der Waals surface area contributed by atoms with Gasteiger partial charge in [0.2, 0.25) is 0 Å². The molecule has 9 heteroatoms. The molecule has 1 unspecified atom stereocenters. The first-order chi connectivity index (χ1) is 9.20. The summed E-state index contributed by atoms with van der Waals surface area (Å²) in [4.78, 5) is 3.20. The van der Waals surface area contributed by atoms with E-state index in [0.717, 1.165) is 12.1 Å². The average Bonchev–Trinajstić information content (AvgIpc) is 2.84. The summed E-state index contributed by atoms with van der Waals surface area (Å²) in [6.07, 6.45) is -4.45. The fraction of sp³-hybridized carbons (Fsp3) is 0.545. The van der Waals surface area contributed by atoms with Crippen LogP contribution in [0.1, 0.15) is 17.7 Å². The zero-order valence-corrected chi connectivity index (χ0v) is 11.7. The molecule has 0 aliphatic carbocycles. The minimum absolute atomic E-state index is 0.0186. The number of aromatic nitrogens is 1. The van der Waals surface area contributed by atoms with Crippen LogP contribution < -0.4 is 0 Å². The normalized spacial score (nSPS) is 20.3. The Bertz CT molecular complexity index is 597. The predicted octanol–water partition coefficient (Wildman–Crippen LogP) is 2.46. The quantitative estimate of drug-likeness (QED) is 0.799. The molecule has 1 atom stereocenters. The van der Waals surface area contributed by atoms with Crippen molar-refractivity contribution in [2.45, 2.75) is 23.6 Å². The predicted molar refractivity (Wildman–Crippen MR) is 66.1 cm³/mol. The van der Waals surface area contributed by atoms with Gasteiger partial charge in [0.1, 0.15) is 10.8 Å². The summed E-state index contributed by atoms with van der Waals surface area (Å²) in [6, 6.07) is 2.19. The Kier molecular flexibility index (Phi) is 4.27. The summed E-state index contributed by atoms with van der Waals surface area (Å²) in [5, 5.41) is -1.10. The van der Waals surface area contributed by atoms with Gasteiger partial charge in [-0.1, -0.05) is 17.7 Å². The average molecular weight is 330 g/mol. The molecule has 1 aliphatic rings. The molecule has 1 fully saturated rings. The molecule has 1 saturated heterocycles. The van der Waals surface area contributed by atoms with Crippen molar-refractivity contribution >= 4 is 21.4 Å². The van der Waals surface area contributed by atoms with Crippen molar-refractivity contribution in [3.8, 4) is 0 Å². The van der Waals surface area contributed by atoms with Crippen molar-refractivity contribution in [1.82, 2.24) is 4.98 Å². The maximum Gasteiger partial charge on any atom is 0.433 e. The highest BCUT2D eigenvalue weighted by Gasteiger charge is 2.38. The molecule has 0 N–H and O–H groups in total. The highest BCUT2D eigenvalue weighted by Crippen LogP contribution is 2.33. The topological polar surface area (TPSA) is 56.3 Å². The van der Waals surface area contributed by atoms with Gasteiger partial charge < -0.3 is 4.74 Å². The van der Waals surface area contributed by atoms with Gasteiger partial charge in [-0.3, -0.25) is 0 Å². The number of pyridine rings is 1. The Morgan fingerprint density at radius 2 is 2.10 bits per heavy atom. The van der Waals surface area contributed by atoms with Crippen LogP contribution in [-0.2, 0) is 26.5 Å². The second kappa shape index (κ2) is 5.50. The molecular weight excluding hydrogens is 319 g/mol. The maximum atomic E-state index is 12.8. The number of hydrogen-bond donors (Lipinski definition) is 0. The van der Waals surface area contributed by atoms with Crippen molar-refractivity contribution in [3.63, 3.8) is 0 Å². The monoisotopic (exact) mass is 329 g/mol. The van der Waals surface area contributed by atoms with E-state index in [1.807, 2.05) is 0 Å². The number of halogens is 4. The first-order valence-electron chi connectivity index (χ1n) is 5.72. The molecule has 0 spiro atoms. The Morgan fingerprint density at radius 1 is 1.40 bits per heavy atom. The Morgan fingerprint density at radius 3 is 2.65 bits per heavy atom. The van der Waals surface area contributed by atoms with E-state index in [2.05, 4.69) is 4.98 Å². The molecule has 0 saturated carbocycles. The lowest BCUT2D eigenvalue weighted by atomic mass is 10.2. The third-order valence-corrected chi connectivity index (χ3v) is 5.28. The van der Waals surface area contributed by atoms with E-state index in [1.54, 1.807) is 0 Å². The lowest BCUT2D eigenvalue weighted by Gasteiger charge is -2.14. The minimum atomic E-state index is -4.75. The van der Waals surface area contributed by atoms with Crippen molar-refractivity contribution in [3.05, 3.63) is 28.5 Å². The van der Waals surface area contributed by atoms with Crippen molar-refractivity contribution in [1.29, 1.82) is 0 Å². The molecule has 0 amide bonds. The molecule has 112 valence electrons. The van der Waals surface area contributed by atoms with Crippen LogP contribution in [-0.4, -0.2) is 31.9 Å². The van der Waals surface area contributed by atoms with Crippen LogP contribution >= 0.6 is 11.6 Å². The van der Waals surface area contributed by atoms with Gasteiger partial charge in [-0.15, -0.1) is 0 Å². The van der Waals surface area contributed by atoms with Gasteiger partial charge in [-0.05, 0) is 18.1 Å². The molecule has 2 rings (SSSR count). The first-order valence-corrected chi connectivity index (χ1v) is 7.81. The van der Waals surface area contributed by atoms with E-state index < -0.39 is 38.3 Å². The van der Waals surface area contributed by atoms with Crippen LogP contribution in [0.25, 0.3) is 0 Å². The summed E-state index contributed by atoms with van der Waals surface area (Å²) in [5.74, 6) is -0.722. The summed E-state index contributed by atoms with van der Waals surface area (Å²) >= 11 is 5.44. The van der Waals surface area contributed by atoms with Gasteiger partial charge in [-0.2, -0.15) is 13.2 Å². The number of hydrogen-bond acceptors (Lipinski definition) is 4. The smallest absolute Gasteiger partial charge is 0.380 e. The van der Waals surface area contributed by atoms with Crippen molar-refractivity contribution < 1.29 is 26.3 Å². The third kappa shape index (κ3) is 3.42. The zero-order valence-electron chi connectivity index (χ0n) is 10.2. The molecule has 20 heavy (non-hydrogen) atoms. The highest BCUT2D eigenvalue weighted by molar-refractivity contribution is 7.91. The van der Waals surface area contributed by atoms with E-state index in [-0.39, 0.29) is 11.8 Å². The van der Waals surface area contributed by atoms with E-state index in [1.165, 1.54) is 0 Å². The highest BCUT2D eigenvalue weighted by atomic mass is 35.5. The van der Waals surface area contributed by atoms with Gasteiger partial charge in [0.25, 0.3) is 0 Å². The van der Waals surface area contributed by atoms with Gasteiger partial charge in [-0.25, -0.2) is 13.4 Å². The molecule has 0 bridgehead atoms. The number of ether oxygens (including phenoxy) is 1. The lowest BCUT2D eigenvalue weighted by molar-refractivity contribution is -0.141. The van der Waals surface area contributed by atoms with Crippen LogP contribution in [0.5, 0.6) is 0 Å². The standard InChI is InChI=1S/C11H11ClF3NO3S/c12-9-2-1-7(10(16-9)11(13,14)15)6-20(17,18)8-3-4-19-5-8/h1-2,8H,3-6H2. The molecular formula is C11H11ClF3NO3S. The molecule has 1 aliphatic heterocycles. The third-order valence-electron chi connectivity index (χ3n) is 2.97. The zero-order chi connectivity index (χ0) is 15.0. The molecule has 4 nitrogen and oxygen atoms in total. The maximum absolute atomic E-state index is 12.8. The van der Waals surface area contributed by atoms with E-state index in [9.17, 15) is 21.6 Å². The lowest BCUT2D eigenvalue weighted by Crippen LogP contribution is -2.24. The molecule has 1 aromatic rings. The number of sulfone groups is 1. The van der Waals surface area contributed by atoms with E-state index in [4.69, 9.17) is 16.3 Å². The van der Waals surface area contributed by atoms with Crippen molar-refractivity contribution in [2.75, 3.05) is 13.2 Å². The Hall–Kier alpha value is -0.860. The second-order valence-corrected chi connectivity index (χ2v) is 7.10. The summed E-state index contributed by atoms with van der Waals surface area (Å²) < 4.78 is 67.6. The SMILES string of the molecule is O=S(=O)(Cc1ccc(Cl)nc1C(F)(F)F)C1CCOC1. The fourth-order valence-electron chi connectivity index (χ4n) is 1.96. The summed E-state index contributed by atoms with van der Waals surface area (Å²) in [7, 11) is -3.72. The molecule has 0 radical (unpaired) electrons. The van der Waals surface area contributed by atoms with Gasteiger partial charge >= 0.3 is 6.18 Å². The van der Waals surface area contributed by atoms with Gasteiger partial charge in [0.15, 0.2) is 9.84 Å². The fourth-order valence-corrected chi connectivity index (χ4v) is 3.77. The number of rotatable bonds is 3.